The van der Waals surface area contributed by atoms with Crippen molar-refractivity contribution in [1.82, 2.24) is 0 Å². The Morgan fingerprint density at radius 2 is 2.06 bits per heavy atom. The van der Waals surface area contributed by atoms with Gasteiger partial charge in [0.15, 0.2) is 11.5 Å². The Bertz CT molecular complexity index is 494. The van der Waals surface area contributed by atoms with Crippen LogP contribution in [-0.4, -0.2) is 21.3 Å². The number of aliphatic hydroxyl groups is 1. The van der Waals surface area contributed by atoms with E-state index in [4.69, 9.17) is 4.74 Å². The Morgan fingerprint density at radius 1 is 1.41 bits per heavy atom. The normalized spacial score (nSPS) is 22.4. The first-order valence-electron chi connectivity index (χ1n) is 5.42. The molecule has 3 N–H and O–H groups in total. The zero-order valence-corrected chi connectivity index (χ0v) is 9.65. The van der Waals surface area contributed by atoms with E-state index in [2.05, 4.69) is 0 Å². The summed E-state index contributed by atoms with van der Waals surface area (Å²) in [6.45, 7) is 3.34. The van der Waals surface area contributed by atoms with Crippen LogP contribution in [0.2, 0.25) is 0 Å². The predicted octanol–water partition coefficient (Wildman–Crippen LogP) is 1.52. The number of fused-ring (bicyclic) bond motifs is 1. The maximum atomic E-state index is 11.7. The molecule has 0 spiro atoms. The molecule has 2 rings (SSSR count). The molecular weight excluding hydrogens is 224 g/mol. The van der Waals surface area contributed by atoms with Crippen LogP contribution in [0.4, 0.5) is 0 Å². The number of ether oxygens (including phenoxy) is 1. The van der Waals surface area contributed by atoms with Crippen LogP contribution in [0, 0.1) is 6.92 Å². The summed E-state index contributed by atoms with van der Waals surface area (Å²) in [5.41, 5.74) is 0.574. The summed E-state index contributed by atoms with van der Waals surface area (Å²) < 4.78 is 4.94. The van der Waals surface area contributed by atoms with E-state index in [9.17, 15) is 20.1 Å². The molecule has 17 heavy (non-hydrogen) atoms. The van der Waals surface area contributed by atoms with Crippen LogP contribution in [0.15, 0.2) is 6.07 Å². The molecule has 5 nitrogen and oxygen atoms in total. The number of hydrogen-bond acceptors (Lipinski definition) is 5. The molecule has 1 atom stereocenters. The number of phenolic OH excluding ortho intramolecular Hbond substituents is 2. The number of hydrogen-bond donors (Lipinski definition) is 3. The summed E-state index contributed by atoms with van der Waals surface area (Å²) >= 11 is 0. The van der Waals surface area contributed by atoms with Crippen LogP contribution in [0.3, 0.4) is 0 Å². The molecule has 1 aliphatic rings. The quantitative estimate of drug-likeness (QED) is 0.537. The van der Waals surface area contributed by atoms with Gasteiger partial charge in [0.1, 0.15) is 0 Å². The molecule has 0 fully saturated rings. The van der Waals surface area contributed by atoms with Gasteiger partial charge >= 0.3 is 5.97 Å². The number of esters is 1. The zero-order valence-electron chi connectivity index (χ0n) is 9.65. The van der Waals surface area contributed by atoms with E-state index < -0.39 is 11.8 Å². The maximum Gasteiger partial charge on any atom is 0.341 e. The molecule has 0 amide bonds. The van der Waals surface area contributed by atoms with Gasteiger partial charge in [-0.25, -0.2) is 4.79 Å². The largest absolute Gasteiger partial charge is 0.504 e. The van der Waals surface area contributed by atoms with Gasteiger partial charge < -0.3 is 20.1 Å². The molecule has 0 bridgehead atoms. The van der Waals surface area contributed by atoms with Gasteiger partial charge in [-0.1, -0.05) is 6.92 Å². The standard InChI is InChI=1S/C12H14O5/c1-3-4-12(16)7-5-8(13)10(14)6(2)9(7)11(15)17-12/h5,13-14,16H,3-4H2,1-2H3/t12-/m1/s1. The fourth-order valence-corrected chi connectivity index (χ4v) is 2.14. The molecule has 0 unspecified atom stereocenters. The first kappa shape index (κ1) is 11.7. The van der Waals surface area contributed by atoms with Gasteiger partial charge in [0.05, 0.1) is 5.56 Å². The van der Waals surface area contributed by atoms with Crippen molar-refractivity contribution < 1.29 is 24.9 Å². The molecule has 0 saturated carbocycles. The average Bonchev–Trinajstić information content (AvgIpc) is 2.48. The predicted molar refractivity (Wildman–Crippen MR) is 58.7 cm³/mol. The van der Waals surface area contributed by atoms with Crippen molar-refractivity contribution in [3.8, 4) is 11.5 Å². The molecule has 1 aromatic carbocycles. The summed E-state index contributed by atoms with van der Waals surface area (Å²) in [7, 11) is 0. The number of phenols is 2. The first-order valence-corrected chi connectivity index (χ1v) is 5.42. The van der Waals surface area contributed by atoms with Crippen LogP contribution in [0.25, 0.3) is 0 Å². The maximum absolute atomic E-state index is 11.7. The average molecular weight is 238 g/mol. The van der Waals surface area contributed by atoms with Crippen LogP contribution in [0.5, 0.6) is 11.5 Å². The number of rotatable bonds is 2. The second-order valence-electron chi connectivity index (χ2n) is 4.22. The van der Waals surface area contributed by atoms with Gasteiger partial charge in [-0.15, -0.1) is 0 Å². The topological polar surface area (TPSA) is 87.0 Å². The van der Waals surface area contributed by atoms with E-state index in [0.29, 0.717) is 6.42 Å². The molecule has 0 aliphatic carbocycles. The first-order chi connectivity index (χ1) is 7.90. The van der Waals surface area contributed by atoms with Crippen molar-refractivity contribution in [3.63, 3.8) is 0 Å². The number of carbonyl (C=O) groups excluding carboxylic acids is 1. The smallest absolute Gasteiger partial charge is 0.341 e. The molecule has 92 valence electrons. The summed E-state index contributed by atoms with van der Waals surface area (Å²) in [5, 5.41) is 29.3. The van der Waals surface area contributed by atoms with Crippen molar-refractivity contribution in [2.45, 2.75) is 32.5 Å². The third-order valence-electron chi connectivity index (χ3n) is 3.00. The lowest BCUT2D eigenvalue weighted by molar-refractivity contribution is -0.167. The minimum atomic E-state index is -1.70. The van der Waals surface area contributed by atoms with Crippen molar-refractivity contribution in [2.75, 3.05) is 0 Å². The van der Waals surface area contributed by atoms with Gasteiger partial charge in [0.2, 0.25) is 5.79 Å². The molecule has 1 heterocycles. The highest BCUT2D eigenvalue weighted by atomic mass is 16.7. The van der Waals surface area contributed by atoms with E-state index in [1.807, 2.05) is 6.92 Å². The zero-order chi connectivity index (χ0) is 12.8. The van der Waals surface area contributed by atoms with E-state index in [1.54, 1.807) is 0 Å². The van der Waals surface area contributed by atoms with Gasteiger partial charge in [-0.3, -0.25) is 0 Å². The summed E-state index contributed by atoms with van der Waals surface area (Å²) in [6, 6.07) is 1.18. The number of carbonyl (C=O) groups is 1. The van der Waals surface area contributed by atoms with Crippen LogP contribution in [0.1, 0.15) is 41.3 Å². The minimum Gasteiger partial charge on any atom is -0.504 e. The molecule has 5 heteroatoms. The fraction of sp³-hybridized carbons (Fsp3) is 0.417. The van der Waals surface area contributed by atoms with Crippen LogP contribution in [-0.2, 0) is 10.5 Å². The Balaban J connectivity index is 2.67. The highest BCUT2D eigenvalue weighted by Crippen LogP contribution is 2.44. The minimum absolute atomic E-state index is 0.135. The van der Waals surface area contributed by atoms with Crippen molar-refractivity contribution in [3.05, 3.63) is 22.8 Å². The Morgan fingerprint density at radius 3 is 2.65 bits per heavy atom. The third kappa shape index (κ3) is 1.54. The lowest BCUT2D eigenvalue weighted by Gasteiger charge is -2.21. The van der Waals surface area contributed by atoms with Gasteiger partial charge in [0, 0.05) is 17.5 Å². The van der Waals surface area contributed by atoms with Gasteiger partial charge in [0.25, 0.3) is 0 Å². The van der Waals surface area contributed by atoms with Crippen molar-refractivity contribution >= 4 is 5.97 Å². The van der Waals surface area contributed by atoms with E-state index in [-0.39, 0.29) is 34.6 Å². The second-order valence-corrected chi connectivity index (χ2v) is 4.22. The summed E-state index contributed by atoms with van der Waals surface area (Å²) in [5.74, 6) is -3.10. The molecule has 0 aromatic heterocycles. The van der Waals surface area contributed by atoms with Crippen molar-refractivity contribution in [1.29, 1.82) is 0 Å². The van der Waals surface area contributed by atoms with Crippen LogP contribution >= 0.6 is 0 Å². The monoisotopic (exact) mass is 238 g/mol. The molecular formula is C12H14O5. The highest BCUT2D eigenvalue weighted by molar-refractivity contribution is 5.97. The molecule has 1 aromatic rings. The molecule has 1 aliphatic heterocycles. The third-order valence-corrected chi connectivity index (χ3v) is 3.00. The lowest BCUT2D eigenvalue weighted by atomic mass is 9.94. The summed E-state index contributed by atoms with van der Waals surface area (Å²) in [6.07, 6.45) is 0.860. The fourth-order valence-electron chi connectivity index (χ4n) is 2.14. The van der Waals surface area contributed by atoms with Gasteiger partial charge in [-0.05, 0) is 19.4 Å². The SMILES string of the molecule is CCC[C@@]1(O)OC(=O)c2c1cc(O)c(O)c2C. The summed E-state index contributed by atoms with van der Waals surface area (Å²) in [4.78, 5) is 11.7. The Kier molecular flexibility index (Phi) is 2.50. The van der Waals surface area contributed by atoms with E-state index in [0.717, 1.165) is 0 Å². The highest BCUT2D eigenvalue weighted by Gasteiger charge is 2.45. The Hall–Kier alpha value is -1.75. The number of benzene rings is 1. The lowest BCUT2D eigenvalue weighted by Crippen LogP contribution is -2.25. The van der Waals surface area contributed by atoms with Gasteiger partial charge in [-0.2, -0.15) is 0 Å². The van der Waals surface area contributed by atoms with E-state index >= 15 is 0 Å². The second kappa shape index (κ2) is 3.63. The molecule has 0 radical (unpaired) electrons. The van der Waals surface area contributed by atoms with Crippen molar-refractivity contribution in [2.24, 2.45) is 0 Å². The number of aromatic hydroxyl groups is 2. The van der Waals surface area contributed by atoms with Crippen LogP contribution < -0.4 is 0 Å². The Labute approximate surface area is 98.3 Å². The number of cyclic esters (lactones) is 1. The van der Waals surface area contributed by atoms with E-state index in [1.165, 1.54) is 13.0 Å². The molecule has 0 saturated heterocycles.